The molecule has 1 aromatic heterocycles. The van der Waals surface area contributed by atoms with E-state index in [9.17, 15) is 0 Å². The predicted octanol–water partition coefficient (Wildman–Crippen LogP) is 4.36. The van der Waals surface area contributed by atoms with Crippen LogP contribution in [0.5, 0.6) is 0 Å². The number of rotatable bonds is 3. The Bertz CT molecular complexity index is 279. The maximum Gasteiger partial charge on any atom is 0.0753 e. The highest BCUT2D eigenvalue weighted by molar-refractivity contribution is 9.11. The van der Waals surface area contributed by atoms with Crippen LogP contribution in [-0.4, -0.2) is 6.10 Å². The lowest BCUT2D eigenvalue weighted by molar-refractivity contribution is 0.0168. The Balaban J connectivity index is 1.79. The molecule has 1 saturated carbocycles. The van der Waals surface area contributed by atoms with Crippen LogP contribution in [0, 0.1) is 0 Å². The molecule has 1 fully saturated rings. The van der Waals surface area contributed by atoms with Gasteiger partial charge in [-0.05, 0) is 40.2 Å². The largest absolute Gasteiger partial charge is 0.373 e. The van der Waals surface area contributed by atoms with E-state index in [1.165, 1.54) is 41.5 Å². The van der Waals surface area contributed by atoms with E-state index in [4.69, 9.17) is 4.74 Å². The van der Waals surface area contributed by atoms with Crippen LogP contribution in [0.25, 0.3) is 0 Å². The molecule has 1 nitrogen and oxygen atoms in total. The van der Waals surface area contributed by atoms with Crippen molar-refractivity contribution in [1.82, 2.24) is 0 Å². The standard InChI is InChI=1S/C11H15BrOS/c12-11-9(6-7-14-11)8-13-10-4-2-1-3-5-10/h6-7,10H,1-5,8H2. The molecule has 1 aliphatic rings. The van der Waals surface area contributed by atoms with Crippen LogP contribution >= 0.6 is 27.3 Å². The summed E-state index contributed by atoms with van der Waals surface area (Å²) in [5.74, 6) is 0. The van der Waals surface area contributed by atoms with E-state index in [0.29, 0.717) is 6.10 Å². The Hall–Kier alpha value is 0.140. The minimum Gasteiger partial charge on any atom is -0.373 e. The van der Waals surface area contributed by atoms with E-state index in [-0.39, 0.29) is 0 Å². The van der Waals surface area contributed by atoms with Crippen LogP contribution in [0.3, 0.4) is 0 Å². The van der Waals surface area contributed by atoms with Crippen molar-refractivity contribution in [3.63, 3.8) is 0 Å². The van der Waals surface area contributed by atoms with Crippen LogP contribution in [0.15, 0.2) is 15.2 Å². The van der Waals surface area contributed by atoms with Crippen LogP contribution in [0.1, 0.15) is 37.7 Å². The summed E-state index contributed by atoms with van der Waals surface area (Å²) < 4.78 is 7.10. The fourth-order valence-electron chi connectivity index (χ4n) is 1.86. The molecule has 1 aliphatic carbocycles. The third-order valence-electron chi connectivity index (χ3n) is 2.72. The zero-order valence-electron chi connectivity index (χ0n) is 8.17. The Kier molecular flexibility index (Phi) is 4.02. The van der Waals surface area contributed by atoms with Gasteiger partial charge in [-0.2, -0.15) is 0 Å². The summed E-state index contributed by atoms with van der Waals surface area (Å²) in [5.41, 5.74) is 1.29. The molecule has 0 aromatic carbocycles. The zero-order valence-corrected chi connectivity index (χ0v) is 10.6. The fourth-order valence-corrected chi connectivity index (χ4v) is 3.06. The summed E-state index contributed by atoms with van der Waals surface area (Å²) in [4.78, 5) is 0. The fraction of sp³-hybridized carbons (Fsp3) is 0.636. The number of thiophene rings is 1. The minimum absolute atomic E-state index is 0.510. The SMILES string of the molecule is Brc1sccc1COC1CCCCC1. The predicted molar refractivity (Wildman–Crippen MR) is 63.7 cm³/mol. The van der Waals surface area contributed by atoms with Gasteiger partial charge in [-0.1, -0.05) is 19.3 Å². The first kappa shape index (κ1) is 10.7. The molecule has 0 N–H and O–H groups in total. The highest BCUT2D eigenvalue weighted by Crippen LogP contribution is 2.26. The third-order valence-corrected chi connectivity index (χ3v) is 4.53. The van der Waals surface area contributed by atoms with Gasteiger partial charge in [0.25, 0.3) is 0 Å². The second-order valence-corrected chi connectivity index (χ2v) is 6.02. The number of halogens is 1. The second kappa shape index (κ2) is 5.29. The summed E-state index contributed by atoms with van der Waals surface area (Å²) in [5, 5.41) is 2.10. The van der Waals surface area contributed by atoms with Crippen LogP contribution in [0.2, 0.25) is 0 Å². The molecule has 14 heavy (non-hydrogen) atoms. The number of ether oxygens (including phenoxy) is 1. The molecule has 1 aromatic rings. The first-order valence-electron chi connectivity index (χ1n) is 5.20. The van der Waals surface area contributed by atoms with Gasteiger partial charge in [-0.15, -0.1) is 11.3 Å². The second-order valence-electron chi connectivity index (χ2n) is 3.79. The molecule has 0 saturated heterocycles. The van der Waals surface area contributed by atoms with E-state index in [1.54, 1.807) is 11.3 Å². The minimum atomic E-state index is 0.510. The first-order chi connectivity index (χ1) is 6.86. The van der Waals surface area contributed by atoms with Gasteiger partial charge in [0.2, 0.25) is 0 Å². The van der Waals surface area contributed by atoms with E-state index in [2.05, 4.69) is 27.4 Å². The molecule has 3 heteroatoms. The Labute approximate surface area is 97.6 Å². The van der Waals surface area contributed by atoms with Crippen molar-refractivity contribution in [2.24, 2.45) is 0 Å². The van der Waals surface area contributed by atoms with Crippen molar-refractivity contribution < 1.29 is 4.74 Å². The molecule has 0 aliphatic heterocycles. The smallest absolute Gasteiger partial charge is 0.0753 e. The van der Waals surface area contributed by atoms with Crippen molar-refractivity contribution in [2.75, 3.05) is 0 Å². The average molecular weight is 275 g/mol. The molecule has 0 unspecified atom stereocenters. The maximum absolute atomic E-state index is 5.88. The van der Waals surface area contributed by atoms with Crippen molar-refractivity contribution >= 4 is 27.3 Å². The van der Waals surface area contributed by atoms with Gasteiger partial charge in [-0.25, -0.2) is 0 Å². The van der Waals surface area contributed by atoms with Gasteiger partial charge < -0.3 is 4.74 Å². The molecule has 0 bridgehead atoms. The van der Waals surface area contributed by atoms with Crippen molar-refractivity contribution in [2.45, 2.75) is 44.8 Å². The van der Waals surface area contributed by atoms with Crippen LogP contribution in [-0.2, 0) is 11.3 Å². The molecule has 2 rings (SSSR count). The summed E-state index contributed by atoms with van der Waals surface area (Å²) in [7, 11) is 0. The van der Waals surface area contributed by atoms with Gasteiger partial charge in [-0.3, -0.25) is 0 Å². The normalized spacial score (nSPS) is 18.6. The van der Waals surface area contributed by atoms with E-state index < -0.39 is 0 Å². The molecule has 1 heterocycles. The summed E-state index contributed by atoms with van der Waals surface area (Å²) >= 11 is 5.26. The molecule has 78 valence electrons. The molecular formula is C11H15BrOS. The Morgan fingerprint density at radius 1 is 1.36 bits per heavy atom. The summed E-state index contributed by atoms with van der Waals surface area (Å²) in [6.07, 6.45) is 7.09. The molecule has 0 atom stereocenters. The summed E-state index contributed by atoms with van der Waals surface area (Å²) in [6, 6.07) is 2.14. The highest BCUT2D eigenvalue weighted by Gasteiger charge is 2.14. The Morgan fingerprint density at radius 3 is 2.79 bits per heavy atom. The monoisotopic (exact) mass is 274 g/mol. The molecular weight excluding hydrogens is 260 g/mol. The number of hydrogen-bond donors (Lipinski definition) is 0. The maximum atomic E-state index is 5.88. The van der Waals surface area contributed by atoms with Gasteiger partial charge in [0.1, 0.15) is 0 Å². The van der Waals surface area contributed by atoms with E-state index in [0.717, 1.165) is 6.61 Å². The average Bonchev–Trinajstić information content (AvgIpc) is 2.63. The van der Waals surface area contributed by atoms with Crippen molar-refractivity contribution in [3.05, 3.63) is 20.8 Å². The van der Waals surface area contributed by atoms with Gasteiger partial charge in [0.15, 0.2) is 0 Å². The lowest BCUT2D eigenvalue weighted by atomic mass is 9.98. The molecule has 0 amide bonds. The Morgan fingerprint density at radius 2 is 2.14 bits per heavy atom. The quantitative estimate of drug-likeness (QED) is 0.796. The van der Waals surface area contributed by atoms with Gasteiger partial charge >= 0.3 is 0 Å². The van der Waals surface area contributed by atoms with E-state index >= 15 is 0 Å². The number of hydrogen-bond acceptors (Lipinski definition) is 2. The van der Waals surface area contributed by atoms with Crippen molar-refractivity contribution in [3.8, 4) is 0 Å². The highest BCUT2D eigenvalue weighted by atomic mass is 79.9. The van der Waals surface area contributed by atoms with Gasteiger partial charge in [0, 0.05) is 5.56 Å². The van der Waals surface area contributed by atoms with Crippen molar-refractivity contribution in [1.29, 1.82) is 0 Å². The zero-order chi connectivity index (χ0) is 9.80. The lowest BCUT2D eigenvalue weighted by Gasteiger charge is -2.21. The first-order valence-corrected chi connectivity index (χ1v) is 6.87. The summed E-state index contributed by atoms with van der Waals surface area (Å²) in [6.45, 7) is 0.773. The van der Waals surface area contributed by atoms with Gasteiger partial charge in [0.05, 0.1) is 16.5 Å². The van der Waals surface area contributed by atoms with Crippen LogP contribution < -0.4 is 0 Å². The third kappa shape index (κ3) is 2.81. The van der Waals surface area contributed by atoms with Crippen LogP contribution in [0.4, 0.5) is 0 Å². The molecule has 0 radical (unpaired) electrons. The lowest BCUT2D eigenvalue weighted by Crippen LogP contribution is -2.16. The molecule has 0 spiro atoms. The van der Waals surface area contributed by atoms with E-state index in [1.807, 2.05) is 0 Å². The topological polar surface area (TPSA) is 9.23 Å².